The highest BCUT2D eigenvalue weighted by Gasteiger charge is 2.56. The summed E-state index contributed by atoms with van der Waals surface area (Å²) in [4.78, 5) is 35.5. The van der Waals surface area contributed by atoms with Gasteiger partial charge in [-0.2, -0.15) is 0 Å². The topological polar surface area (TPSA) is 537 Å². The third kappa shape index (κ3) is 16.0. The predicted octanol–water partition coefficient (Wildman–Crippen LogP) is -12.2. The van der Waals surface area contributed by atoms with Crippen LogP contribution < -0.4 is 33.2 Å². The van der Waals surface area contributed by atoms with Crippen LogP contribution in [0.5, 0.6) is 0 Å². The number of carbonyl (C=O) groups excluding carboxylic acids is 3. The van der Waals surface area contributed by atoms with E-state index in [-0.39, 0.29) is 0 Å². The van der Waals surface area contributed by atoms with Crippen molar-refractivity contribution in [2.75, 3.05) is 68.1 Å². The molecule has 35 heteroatoms. The van der Waals surface area contributed by atoms with Crippen LogP contribution in [0.2, 0.25) is 0 Å². The van der Waals surface area contributed by atoms with Crippen LogP contribution in [-0.4, -0.2) is 331 Å². The van der Waals surface area contributed by atoms with Crippen molar-refractivity contribution in [2.45, 2.75) is 205 Å². The summed E-state index contributed by atoms with van der Waals surface area (Å²) in [5.74, 6) is -1.60. The van der Waals surface area contributed by atoms with Gasteiger partial charge in [-0.1, -0.05) is 0 Å². The number of aliphatic hydroxyl groups excluding tert-OH is 12. The van der Waals surface area contributed by atoms with Gasteiger partial charge in [0.1, 0.15) is 128 Å². The first-order chi connectivity index (χ1) is 38.4. The van der Waals surface area contributed by atoms with Crippen molar-refractivity contribution in [3.8, 4) is 0 Å². The van der Waals surface area contributed by atoms with E-state index < -0.39 is 241 Å². The van der Waals surface area contributed by atoms with Crippen LogP contribution in [0.15, 0.2) is 0 Å². The van der Waals surface area contributed by atoms with Gasteiger partial charge in [0.2, 0.25) is 17.7 Å². The van der Waals surface area contributed by atoms with E-state index in [2.05, 4.69) is 16.0 Å². The quantitative estimate of drug-likeness (QED) is 0.0507. The van der Waals surface area contributed by atoms with Crippen LogP contribution in [0.3, 0.4) is 0 Å². The lowest BCUT2D eigenvalue weighted by atomic mass is 9.93. The van der Waals surface area contributed by atoms with E-state index in [0.717, 1.165) is 6.92 Å². The molecule has 0 spiro atoms. The van der Waals surface area contributed by atoms with Gasteiger partial charge in [-0.25, -0.2) is 0 Å². The molecule has 6 rings (SSSR count). The third-order valence-electron chi connectivity index (χ3n) is 14.5. The Kier molecular flexibility index (Phi) is 26.9. The summed E-state index contributed by atoms with van der Waals surface area (Å²) in [6, 6.07) is -7.38. The largest absolute Gasteiger partial charge is 0.394 e. The Bertz CT molecular complexity index is 1930. The number of hydrogen-bond donors (Lipinski definition) is 18. The van der Waals surface area contributed by atoms with Crippen LogP contribution >= 0.6 is 0 Å². The van der Waals surface area contributed by atoms with Crippen molar-refractivity contribution in [1.82, 2.24) is 16.0 Å². The zero-order chi connectivity index (χ0) is 60.3. The molecule has 472 valence electrons. The second-order valence-corrected chi connectivity index (χ2v) is 20.0. The number of amides is 3. The highest BCUT2D eigenvalue weighted by molar-refractivity contribution is 5.74. The van der Waals surface area contributed by atoms with Gasteiger partial charge in [-0.3, -0.25) is 14.4 Å². The second-order valence-electron chi connectivity index (χ2n) is 20.0. The van der Waals surface area contributed by atoms with Crippen molar-refractivity contribution >= 4 is 17.7 Å². The van der Waals surface area contributed by atoms with E-state index in [1.165, 1.54) is 42.3 Å². The SMILES string of the molecule is CO[C@@H]1OC(CO)[C@@H](OC2O[C@@H](CO)[C@@H](OC)C(O)C2NC(C)=O)C(O)[C@@H]1NC(C)=O.CO[C@@H]1OC(CO)[C@@H](OC2O[C@@H](CO)[C@@H](O[C@@H]3OC(CO)[C@@H](OC4O[C@@H](CO)[C@@H](OC)C(O)C4N)C(O)[C@@H]3NC(C)=O)C(O)C2N)C(O)[C@@H]1N. The first kappa shape index (κ1) is 69.0. The molecule has 0 aromatic rings. The van der Waals surface area contributed by atoms with Crippen molar-refractivity contribution in [1.29, 1.82) is 0 Å². The Morgan fingerprint density at radius 3 is 0.877 bits per heavy atom. The van der Waals surface area contributed by atoms with Crippen molar-refractivity contribution in [3.05, 3.63) is 0 Å². The van der Waals surface area contributed by atoms with E-state index in [9.17, 15) is 75.7 Å². The monoisotopic (exact) mass is 1180 g/mol. The summed E-state index contributed by atoms with van der Waals surface area (Å²) in [5, 5.41) is 133. The van der Waals surface area contributed by atoms with Gasteiger partial charge in [-0.05, 0) is 0 Å². The van der Waals surface area contributed by atoms with Gasteiger partial charge in [-0.15, -0.1) is 0 Å². The smallest absolute Gasteiger partial charge is 0.217 e. The molecule has 3 amide bonds. The van der Waals surface area contributed by atoms with E-state index in [1.54, 1.807) is 0 Å². The van der Waals surface area contributed by atoms with Crippen LogP contribution in [0.4, 0.5) is 0 Å². The Balaban J connectivity index is 0.000000333. The van der Waals surface area contributed by atoms with Gasteiger partial charge in [0, 0.05) is 49.2 Å². The predicted molar refractivity (Wildman–Crippen MR) is 262 cm³/mol. The number of nitrogens with two attached hydrogens (primary N) is 3. The molecular weight excluding hydrogens is 1100 g/mol. The molecule has 0 saturated carbocycles. The third-order valence-corrected chi connectivity index (χ3v) is 14.5. The highest BCUT2D eigenvalue weighted by atomic mass is 16.8. The van der Waals surface area contributed by atoms with Crippen LogP contribution in [0.1, 0.15) is 20.8 Å². The van der Waals surface area contributed by atoms with Crippen LogP contribution in [-0.2, 0) is 80.7 Å². The number of rotatable bonds is 21. The Morgan fingerprint density at radius 2 is 0.568 bits per heavy atom. The Morgan fingerprint density at radius 1 is 0.346 bits per heavy atom. The standard InChI is InChI=1S/C28H52N4O18.C18H32N2O11/c1-8(37)32-16-20(41)24(49-26-14(30)17(38)21(42-2)9(4-33)45-26)12(7-36)47-28(16)50-23-11(6-35)46-27(15(31)19(23)40)48-22-10(5-34)44-25(43-3)13(29)18(22)39;1-7(23)19-11-14(26)16(10(6-22)29-17(11)28-4)31-18-12(20-8(2)24)13(25)15(27-3)9(5-21)30-18/h9-28,33-36,38-41H,4-7,29-31H2,1-3H3,(H,32,37);9-18,21-22,25-26H,5-6H2,1-4H3,(H,19,23)(H,20,24)/t9-,10?,11-,12?,13-,14?,15?,16-,17?,18?,19?,20?,21+,22+,23+,24+,25+,26?,27?,28-;9-,10?,11-,12?,13?,14?,15+,16+,17+,18?/m00/s1. The van der Waals surface area contributed by atoms with Crippen molar-refractivity contribution in [3.63, 3.8) is 0 Å². The molecule has 0 aromatic carbocycles. The van der Waals surface area contributed by atoms with E-state index in [4.69, 9.17) is 83.5 Å². The van der Waals surface area contributed by atoms with Crippen LogP contribution in [0, 0.1) is 0 Å². The number of methoxy groups -OCH3 is 4. The molecule has 81 heavy (non-hydrogen) atoms. The summed E-state index contributed by atoms with van der Waals surface area (Å²) < 4.78 is 78.5. The van der Waals surface area contributed by atoms with E-state index in [0.29, 0.717) is 0 Å². The van der Waals surface area contributed by atoms with Crippen LogP contribution in [0.25, 0.3) is 0 Å². The average molecular weight is 1190 g/mol. The fourth-order valence-electron chi connectivity index (χ4n) is 10.4. The van der Waals surface area contributed by atoms with Gasteiger partial charge >= 0.3 is 0 Å². The lowest BCUT2D eigenvalue weighted by molar-refractivity contribution is -0.360. The first-order valence-corrected chi connectivity index (χ1v) is 25.9. The molecule has 6 aliphatic rings. The fourth-order valence-corrected chi connectivity index (χ4v) is 10.4. The number of hydrogen-bond acceptors (Lipinski definition) is 32. The van der Waals surface area contributed by atoms with E-state index in [1.807, 2.05) is 0 Å². The normalized spacial score (nSPS) is 45.7. The molecule has 6 heterocycles. The molecule has 0 radical (unpaired) electrons. The maximum atomic E-state index is 12.2. The maximum Gasteiger partial charge on any atom is 0.217 e. The molecule has 35 nitrogen and oxygen atoms in total. The summed E-state index contributed by atoms with van der Waals surface area (Å²) in [6.07, 6.45) is -31.5. The fraction of sp³-hybridized carbons (Fsp3) is 0.935. The molecule has 21 N–H and O–H groups in total. The molecular formula is C46H84N6O29. The second kappa shape index (κ2) is 31.6. The zero-order valence-electron chi connectivity index (χ0n) is 45.6. The average Bonchev–Trinajstić information content (AvgIpc) is 3.48. The minimum absolute atomic E-state index is 0.459. The van der Waals surface area contributed by atoms with E-state index >= 15 is 0 Å². The summed E-state index contributed by atoms with van der Waals surface area (Å²) in [6.45, 7) is -0.233. The molecule has 0 aromatic heterocycles. The van der Waals surface area contributed by atoms with Gasteiger partial charge < -0.3 is 161 Å². The number of ether oxygens (including phenoxy) is 14. The summed E-state index contributed by atoms with van der Waals surface area (Å²) in [5.41, 5.74) is 18.4. The Hall–Kier alpha value is -2.75. The minimum Gasteiger partial charge on any atom is -0.394 e. The molecule has 15 unspecified atom stereocenters. The minimum atomic E-state index is -1.71. The molecule has 6 fully saturated rings. The summed E-state index contributed by atoms with van der Waals surface area (Å²) in [7, 11) is 5.21. The molecule has 0 aliphatic carbocycles. The molecule has 30 atom stereocenters. The number of nitrogens with one attached hydrogen (secondary N) is 3. The van der Waals surface area contributed by atoms with Gasteiger partial charge in [0.25, 0.3) is 0 Å². The Labute approximate surface area is 464 Å². The maximum absolute atomic E-state index is 12.2. The number of carbonyl (C=O) groups is 3. The number of aliphatic hydroxyl groups is 12. The first-order valence-electron chi connectivity index (χ1n) is 25.9. The lowest BCUT2D eigenvalue weighted by Crippen LogP contribution is -2.71. The van der Waals surface area contributed by atoms with Crippen molar-refractivity contribution in [2.24, 2.45) is 17.2 Å². The molecule has 6 aliphatic heterocycles. The zero-order valence-corrected chi connectivity index (χ0v) is 45.6. The molecule has 6 saturated heterocycles. The van der Waals surface area contributed by atoms with Crippen molar-refractivity contribution < 1.29 is 142 Å². The molecule has 0 bridgehead atoms. The summed E-state index contributed by atoms with van der Waals surface area (Å²) >= 11 is 0. The van der Waals surface area contributed by atoms with Gasteiger partial charge in [0.15, 0.2) is 37.7 Å². The highest BCUT2D eigenvalue weighted by Crippen LogP contribution is 2.35. The lowest BCUT2D eigenvalue weighted by Gasteiger charge is -2.50. The van der Waals surface area contributed by atoms with Gasteiger partial charge in [0.05, 0.1) is 57.8 Å².